The molecule has 0 heterocycles. The molecule has 5 heteroatoms. The van der Waals surface area contributed by atoms with E-state index in [-0.39, 0.29) is 0 Å². The second-order valence-corrected chi connectivity index (χ2v) is 12.7. The van der Waals surface area contributed by atoms with Crippen LogP contribution < -0.4 is 0 Å². The molecule has 2 atom stereocenters. The molecule has 0 radical (unpaired) electrons. The minimum Gasteiger partial charge on any atom is -0.377 e. The molecule has 0 aromatic heterocycles. The Balaban J connectivity index is 3.91. The van der Waals surface area contributed by atoms with E-state index in [1.54, 1.807) is 21.3 Å². The third-order valence-corrected chi connectivity index (χ3v) is 10.4. The van der Waals surface area contributed by atoms with Gasteiger partial charge in [-0.15, -0.1) is 0 Å². The molecule has 0 aliphatic heterocycles. The zero-order valence-corrected chi connectivity index (χ0v) is 23.3. The first-order chi connectivity index (χ1) is 15.0. The smallest absolute Gasteiger partial charge is 0.377 e. The maximum absolute atomic E-state index is 5.82. The topological polar surface area (TPSA) is 30.9 Å². The quantitative estimate of drug-likeness (QED) is 0.115. The van der Waals surface area contributed by atoms with Gasteiger partial charge >= 0.3 is 8.80 Å². The first-order valence-corrected chi connectivity index (χ1v) is 15.1. The SMILES string of the molecule is CCCCCCCCCCCCCCCCCC(C(CC)[Si](OC)(OC)OC)N(C)C. The highest BCUT2D eigenvalue weighted by Gasteiger charge is 2.50. The van der Waals surface area contributed by atoms with E-state index in [0.29, 0.717) is 11.6 Å². The fourth-order valence-electron chi connectivity index (χ4n) is 5.01. The van der Waals surface area contributed by atoms with Crippen LogP contribution in [0.15, 0.2) is 0 Å². The van der Waals surface area contributed by atoms with E-state index in [1.807, 2.05) is 0 Å². The summed E-state index contributed by atoms with van der Waals surface area (Å²) < 4.78 is 17.5. The van der Waals surface area contributed by atoms with Gasteiger partial charge in [-0.25, -0.2) is 0 Å². The van der Waals surface area contributed by atoms with E-state index in [1.165, 1.54) is 103 Å². The van der Waals surface area contributed by atoms with Gasteiger partial charge in [-0.3, -0.25) is 0 Å². The van der Waals surface area contributed by atoms with Gasteiger partial charge in [-0.2, -0.15) is 0 Å². The first kappa shape index (κ1) is 31.1. The Hall–Kier alpha value is 0.0569. The minimum absolute atomic E-state index is 0.314. The van der Waals surface area contributed by atoms with Crippen molar-refractivity contribution in [2.45, 2.75) is 135 Å². The zero-order chi connectivity index (χ0) is 23.4. The second kappa shape index (κ2) is 20.6. The Morgan fingerprint density at radius 2 is 0.935 bits per heavy atom. The van der Waals surface area contributed by atoms with Gasteiger partial charge in [0.15, 0.2) is 0 Å². The van der Waals surface area contributed by atoms with Gasteiger partial charge in [0.05, 0.1) is 0 Å². The van der Waals surface area contributed by atoms with Crippen molar-refractivity contribution in [1.82, 2.24) is 4.90 Å². The molecule has 0 aliphatic rings. The molecule has 0 spiro atoms. The van der Waals surface area contributed by atoms with Crippen LogP contribution in [0.3, 0.4) is 0 Å². The highest BCUT2D eigenvalue weighted by atomic mass is 28.4. The number of hydrogen-bond donors (Lipinski definition) is 0. The molecule has 0 fully saturated rings. The van der Waals surface area contributed by atoms with Gasteiger partial charge in [0, 0.05) is 32.9 Å². The summed E-state index contributed by atoms with van der Waals surface area (Å²) in [5.74, 6) is 0. The zero-order valence-electron chi connectivity index (χ0n) is 22.3. The first-order valence-electron chi connectivity index (χ1n) is 13.3. The number of rotatable bonds is 23. The average Bonchev–Trinajstić information content (AvgIpc) is 2.78. The molecular weight excluding hydrogens is 402 g/mol. The van der Waals surface area contributed by atoms with Crippen LogP contribution in [0.2, 0.25) is 5.54 Å². The van der Waals surface area contributed by atoms with Crippen molar-refractivity contribution in [1.29, 1.82) is 0 Å². The molecule has 0 aromatic carbocycles. The van der Waals surface area contributed by atoms with Crippen molar-refractivity contribution < 1.29 is 13.3 Å². The highest BCUT2D eigenvalue weighted by molar-refractivity contribution is 6.62. The van der Waals surface area contributed by atoms with Crippen molar-refractivity contribution >= 4 is 8.80 Å². The van der Waals surface area contributed by atoms with Gasteiger partial charge in [0.25, 0.3) is 0 Å². The lowest BCUT2D eigenvalue weighted by Gasteiger charge is -2.39. The molecule has 0 rings (SSSR count). The Morgan fingerprint density at radius 3 is 1.23 bits per heavy atom. The lowest BCUT2D eigenvalue weighted by Crippen LogP contribution is -2.54. The van der Waals surface area contributed by atoms with Gasteiger partial charge < -0.3 is 18.2 Å². The molecule has 0 N–H and O–H groups in total. The second-order valence-electron chi connectivity index (χ2n) is 9.50. The fraction of sp³-hybridized carbons (Fsp3) is 1.00. The van der Waals surface area contributed by atoms with Crippen molar-refractivity contribution in [3.05, 3.63) is 0 Å². The number of hydrogen-bond acceptors (Lipinski definition) is 4. The summed E-state index contributed by atoms with van der Waals surface area (Å²) in [6, 6.07) is 0.443. The van der Waals surface area contributed by atoms with E-state index in [0.717, 1.165) is 6.42 Å². The molecule has 0 bridgehead atoms. The van der Waals surface area contributed by atoms with E-state index >= 15 is 0 Å². The van der Waals surface area contributed by atoms with Crippen LogP contribution in [-0.2, 0) is 13.3 Å². The lowest BCUT2D eigenvalue weighted by atomic mass is 10.0. The van der Waals surface area contributed by atoms with Gasteiger partial charge in [-0.05, 0) is 26.9 Å². The van der Waals surface area contributed by atoms with Crippen LogP contribution in [0.25, 0.3) is 0 Å². The molecule has 4 nitrogen and oxygen atoms in total. The molecule has 0 aromatic rings. The monoisotopic (exact) mass is 459 g/mol. The predicted molar refractivity (Wildman–Crippen MR) is 138 cm³/mol. The summed E-state index contributed by atoms with van der Waals surface area (Å²) in [5, 5.41) is 0. The molecular formula is C26H57NO3Si. The normalized spacial score (nSPS) is 14.3. The molecule has 2 unspecified atom stereocenters. The van der Waals surface area contributed by atoms with Crippen molar-refractivity contribution in [2.24, 2.45) is 0 Å². The molecule has 0 amide bonds. The van der Waals surface area contributed by atoms with Crippen molar-refractivity contribution in [3.8, 4) is 0 Å². The van der Waals surface area contributed by atoms with Crippen LogP contribution in [0.5, 0.6) is 0 Å². The molecule has 188 valence electrons. The standard InChI is InChI=1S/C26H57NO3Si/c1-8-10-11-12-13-14-15-16-17-18-19-20-21-22-23-24-25(27(3)4)26(9-2)31(28-5,29-6)30-7/h25-26H,8-24H2,1-7H3. The molecule has 31 heavy (non-hydrogen) atoms. The Kier molecular flexibility index (Phi) is 20.7. The van der Waals surface area contributed by atoms with Gasteiger partial charge in [0.2, 0.25) is 0 Å². The minimum atomic E-state index is -2.62. The lowest BCUT2D eigenvalue weighted by molar-refractivity contribution is 0.0902. The number of unbranched alkanes of at least 4 members (excludes halogenated alkanes) is 14. The highest BCUT2D eigenvalue weighted by Crippen LogP contribution is 2.35. The van der Waals surface area contributed by atoms with Crippen LogP contribution in [-0.4, -0.2) is 55.2 Å². The van der Waals surface area contributed by atoms with Crippen LogP contribution >= 0.6 is 0 Å². The summed E-state index contributed by atoms with van der Waals surface area (Å²) in [7, 11) is 6.95. The Morgan fingerprint density at radius 1 is 0.581 bits per heavy atom. The Bertz CT molecular complexity index is 369. The summed E-state index contributed by atoms with van der Waals surface area (Å²) in [6.45, 7) is 4.52. The van der Waals surface area contributed by atoms with Crippen LogP contribution in [0, 0.1) is 0 Å². The van der Waals surface area contributed by atoms with Crippen molar-refractivity contribution in [3.63, 3.8) is 0 Å². The average molecular weight is 460 g/mol. The Labute approximate surface area is 197 Å². The fourth-order valence-corrected chi connectivity index (χ4v) is 7.85. The van der Waals surface area contributed by atoms with Gasteiger partial charge in [0.1, 0.15) is 0 Å². The van der Waals surface area contributed by atoms with E-state index in [4.69, 9.17) is 13.3 Å². The van der Waals surface area contributed by atoms with Gasteiger partial charge in [-0.1, -0.05) is 110 Å². The summed E-state index contributed by atoms with van der Waals surface area (Å²) in [4.78, 5) is 2.34. The summed E-state index contributed by atoms with van der Waals surface area (Å²) in [5.41, 5.74) is 0.314. The molecule has 0 aliphatic carbocycles. The summed E-state index contributed by atoms with van der Waals surface area (Å²) >= 11 is 0. The number of nitrogens with zero attached hydrogens (tertiary/aromatic N) is 1. The van der Waals surface area contributed by atoms with Crippen LogP contribution in [0.1, 0.15) is 123 Å². The predicted octanol–water partition coefficient (Wildman–Crippen LogP) is 7.84. The van der Waals surface area contributed by atoms with E-state index in [9.17, 15) is 0 Å². The van der Waals surface area contributed by atoms with E-state index < -0.39 is 8.80 Å². The van der Waals surface area contributed by atoms with Crippen LogP contribution in [0.4, 0.5) is 0 Å². The molecule has 0 saturated heterocycles. The maximum Gasteiger partial charge on any atom is 0.505 e. The summed E-state index contributed by atoms with van der Waals surface area (Å²) in [6.07, 6.45) is 23.3. The van der Waals surface area contributed by atoms with E-state index in [2.05, 4.69) is 32.8 Å². The molecule has 0 saturated carbocycles. The third-order valence-electron chi connectivity index (χ3n) is 6.98. The largest absolute Gasteiger partial charge is 0.505 e. The maximum atomic E-state index is 5.82. The van der Waals surface area contributed by atoms with Crippen molar-refractivity contribution in [2.75, 3.05) is 35.4 Å². The third kappa shape index (κ3) is 13.4.